The van der Waals surface area contributed by atoms with Crippen LogP contribution in [0.15, 0.2) is 0 Å². The highest BCUT2D eigenvalue weighted by Gasteiger charge is 2.02. The van der Waals surface area contributed by atoms with Gasteiger partial charge in [-0.3, -0.25) is 4.89 Å². The molecule has 4 nitrogen and oxygen atoms in total. The molecule has 0 spiro atoms. The molecule has 0 bridgehead atoms. The first-order valence-corrected chi connectivity index (χ1v) is 5.29. The van der Waals surface area contributed by atoms with Crippen molar-refractivity contribution in [2.24, 2.45) is 0 Å². The minimum atomic E-state index is -0.481. The third-order valence-electron chi connectivity index (χ3n) is 0.937. The van der Waals surface area contributed by atoms with E-state index in [-0.39, 0.29) is 6.61 Å². The molecule has 0 aliphatic carbocycles. The fourth-order valence-electron chi connectivity index (χ4n) is 0.430. The molecule has 0 atom stereocenters. The Bertz CT molecular complexity index is 118. The predicted molar refractivity (Wildman–Crippen MR) is 52.0 cm³/mol. The van der Waals surface area contributed by atoms with Crippen LogP contribution in [0.4, 0.5) is 0 Å². The number of alkyl halides is 1. The van der Waals surface area contributed by atoms with Crippen LogP contribution in [0.1, 0.15) is 13.3 Å². The maximum atomic E-state index is 10.7. The van der Waals surface area contributed by atoms with Crippen molar-refractivity contribution in [1.82, 2.24) is 0 Å². The molecular weight excluding hydrogens is 275 g/mol. The van der Waals surface area contributed by atoms with Gasteiger partial charge in [-0.2, -0.15) is 4.89 Å². The molecule has 0 amide bonds. The van der Waals surface area contributed by atoms with Crippen LogP contribution in [0.2, 0.25) is 0 Å². The Kier molecular flexibility index (Phi) is 9.30. The van der Waals surface area contributed by atoms with Crippen molar-refractivity contribution in [1.29, 1.82) is 0 Å². The summed E-state index contributed by atoms with van der Waals surface area (Å²) in [5, 5.41) is 0. The summed E-state index contributed by atoms with van der Waals surface area (Å²) < 4.78 is 5.78. The lowest BCUT2D eigenvalue weighted by molar-refractivity contribution is -0.274. The lowest BCUT2D eigenvalue weighted by Gasteiger charge is -2.01. The quantitative estimate of drug-likeness (QED) is 0.233. The molecule has 0 aromatic heterocycles. The molecule has 0 aliphatic heterocycles. The second-order valence-corrected chi connectivity index (χ2v) is 3.04. The molecule has 0 unspecified atom stereocenters. The minimum absolute atomic E-state index is 0.0409. The molecule has 12 heavy (non-hydrogen) atoms. The Hall–Kier alpha value is 0.120. The summed E-state index contributed by atoms with van der Waals surface area (Å²) in [6.45, 7) is 2.72. The van der Waals surface area contributed by atoms with E-state index >= 15 is 0 Å². The fourth-order valence-corrected chi connectivity index (χ4v) is 0.742. The van der Waals surface area contributed by atoms with Gasteiger partial charge in [-0.25, -0.2) is 4.79 Å². The molecule has 0 aromatic rings. The van der Waals surface area contributed by atoms with Crippen molar-refractivity contribution in [3.8, 4) is 0 Å². The molecule has 0 aromatic carbocycles. The standard InChI is InChI=1S/C7H13IO4/c1-2-10-6-7(9)12-11-5-3-4-8/h2-6H2,1H3. The summed E-state index contributed by atoms with van der Waals surface area (Å²) in [6.07, 6.45) is 0.877. The molecule has 0 radical (unpaired) electrons. The molecular formula is C7H13IO4. The van der Waals surface area contributed by atoms with E-state index in [2.05, 4.69) is 32.4 Å². The zero-order valence-corrected chi connectivity index (χ0v) is 9.20. The molecule has 0 rings (SSSR count). The molecule has 0 N–H and O–H groups in total. The smallest absolute Gasteiger partial charge is 0.367 e. The highest BCUT2D eigenvalue weighted by Crippen LogP contribution is 1.90. The van der Waals surface area contributed by atoms with Crippen LogP contribution in [0.25, 0.3) is 0 Å². The first kappa shape index (κ1) is 12.1. The van der Waals surface area contributed by atoms with Crippen LogP contribution in [0.3, 0.4) is 0 Å². The van der Waals surface area contributed by atoms with Crippen LogP contribution >= 0.6 is 22.6 Å². The highest BCUT2D eigenvalue weighted by molar-refractivity contribution is 14.1. The average molecular weight is 288 g/mol. The Morgan fingerprint density at radius 3 is 2.83 bits per heavy atom. The fraction of sp³-hybridized carbons (Fsp3) is 0.857. The summed E-state index contributed by atoms with van der Waals surface area (Å²) >= 11 is 2.22. The molecule has 0 saturated heterocycles. The Morgan fingerprint density at radius 2 is 2.25 bits per heavy atom. The van der Waals surface area contributed by atoms with Crippen LogP contribution in [0, 0.1) is 0 Å². The van der Waals surface area contributed by atoms with Gasteiger partial charge in [0.1, 0.15) is 6.61 Å². The first-order valence-electron chi connectivity index (χ1n) is 3.77. The largest absolute Gasteiger partial charge is 0.370 e. The van der Waals surface area contributed by atoms with Crippen molar-refractivity contribution in [2.75, 3.05) is 24.2 Å². The van der Waals surface area contributed by atoms with Gasteiger partial charge in [0.25, 0.3) is 0 Å². The van der Waals surface area contributed by atoms with Gasteiger partial charge in [0.05, 0.1) is 6.61 Å². The van der Waals surface area contributed by atoms with Gasteiger partial charge in [-0.15, -0.1) is 0 Å². The summed E-state index contributed by atoms with van der Waals surface area (Å²) in [5.41, 5.74) is 0. The molecule has 0 saturated carbocycles. The van der Waals surface area contributed by atoms with Crippen LogP contribution in [0.5, 0.6) is 0 Å². The van der Waals surface area contributed by atoms with Crippen molar-refractivity contribution in [2.45, 2.75) is 13.3 Å². The molecule has 0 heterocycles. The summed E-state index contributed by atoms with van der Waals surface area (Å²) in [6, 6.07) is 0. The number of hydrogen-bond donors (Lipinski definition) is 0. The van der Waals surface area contributed by atoms with E-state index in [0.717, 1.165) is 10.8 Å². The number of halogens is 1. The number of rotatable bonds is 7. The first-order chi connectivity index (χ1) is 5.81. The van der Waals surface area contributed by atoms with E-state index in [1.807, 2.05) is 6.92 Å². The third kappa shape index (κ3) is 8.22. The van der Waals surface area contributed by atoms with Crippen molar-refractivity contribution in [3.63, 3.8) is 0 Å². The number of carbonyl (C=O) groups excluding carboxylic acids is 1. The lowest BCUT2D eigenvalue weighted by Crippen LogP contribution is -2.13. The SMILES string of the molecule is CCOCC(=O)OOCCCI. The maximum absolute atomic E-state index is 10.7. The molecule has 0 fully saturated rings. The third-order valence-corrected chi connectivity index (χ3v) is 1.70. The van der Waals surface area contributed by atoms with Crippen molar-refractivity contribution in [3.05, 3.63) is 0 Å². The zero-order chi connectivity index (χ0) is 9.23. The van der Waals surface area contributed by atoms with Crippen molar-refractivity contribution < 1.29 is 19.3 Å². The summed E-state index contributed by atoms with van der Waals surface area (Å²) in [7, 11) is 0. The van der Waals surface area contributed by atoms with Gasteiger partial charge in [0.2, 0.25) is 0 Å². The number of hydrogen-bond acceptors (Lipinski definition) is 4. The van der Waals surface area contributed by atoms with Gasteiger partial charge in [0, 0.05) is 11.0 Å². The molecule has 0 aliphatic rings. The van der Waals surface area contributed by atoms with E-state index in [1.54, 1.807) is 0 Å². The maximum Gasteiger partial charge on any atom is 0.367 e. The van der Waals surface area contributed by atoms with E-state index in [4.69, 9.17) is 4.74 Å². The summed E-state index contributed by atoms with van der Waals surface area (Å²) in [4.78, 5) is 19.7. The summed E-state index contributed by atoms with van der Waals surface area (Å²) in [5.74, 6) is -0.481. The van der Waals surface area contributed by atoms with Gasteiger partial charge in [0.15, 0.2) is 0 Å². The Morgan fingerprint density at radius 1 is 1.50 bits per heavy atom. The van der Waals surface area contributed by atoms with Gasteiger partial charge < -0.3 is 4.74 Å². The Balaban J connectivity index is 3.08. The van der Waals surface area contributed by atoms with Gasteiger partial charge in [-0.05, 0) is 13.3 Å². The predicted octanol–water partition coefficient (Wildman–Crippen LogP) is 1.32. The lowest BCUT2D eigenvalue weighted by atomic mass is 10.5. The Labute approximate surface area is 85.6 Å². The average Bonchev–Trinajstić information content (AvgIpc) is 2.09. The number of ether oxygens (including phenoxy) is 1. The minimum Gasteiger partial charge on any atom is -0.370 e. The second kappa shape index (κ2) is 9.21. The van der Waals surface area contributed by atoms with Crippen LogP contribution in [-0.4, -0.2) is 30.2 Å². The van der Waals surface area contributed by atoms with Gasteiger partial charge >= 0.3 is 5.97 Å². The molecule has 5 heteroatoms. The van der Waals surface area contributed by atoms with E-state index < -0.39 is 5.97 Å². The zero-order valence-electron chi connectivity index (χ0n) is 7.05. The topological polar surface area (TPSA) is 44.8 Å². The normalized spacial score (nSPS) is 9.83. The highest BCUT2D eigenvalue weighted by atomic mass is 127. The number of carbonyl (C=O) groups is 1. The van der Waals surface area contributed by atoms with Crippen LogP contribution in [-0.2, 0) is 19.3 Å². The van der Waals surface area contributed by atoms with E-state index in [9.17, 15) is 4.79 Å². The second-order valence-electron chi connectivity index (χ2n) is 1.96. The van der Waals surface area contributed by atoms with Crippen LogP contribution < -0.4 is 0 Å². The molecule has 72 valence electrons. The monoisotopic (exact) mass is 288 g/mol. The van der Waals surface area contributed by atoms with Crippen molar-refractivity contribution >= 4 is 28.6 Å². The van der Waals surface area contributed by atoms with E-state index in [0.29, 0.717) is 13.2 Å². The van der Waals surface area contributed by atoms with E-state index in [1.165, 1.54) is 0 Å². The van der Waals surface area contributed by atoms with Gasteiger partial charge in [-0.1, -0.05) is 22.6 Å².